The topological polar surface area (TPSA) is 52.1 Å². The Morgan fingerprint density at radius 1 is 1.17 bits per heavy atom. The number of nitrogens with zero attached hydrogens (tertiary/aromatic N) is 3. The van der Waals surface area contributed by atoms with Gasteiger partial charge in [0, 0.05) is 44.8 Å². The van der Waals surface area contributed by atoms with Crippen LogP contribution in [0.2, 0.25) is 0 Å². The molecule has 6 nitrogen and oxygen atoms in total. The van der Waals surface area contributed by atoms with Crippen molar-refractivity contribution in [3.8, 4) is 0 Å². The second-order valence-corrected chi connectivity index (χ2v) is 8.49. The molecule has 1 unspecified atom stereocenters. The smallest absolute Gasteiger partial charge is 0.191 e. The molecule has 2 saturated heterocycles. The maximum absolute atomic E-state index is 13.9. The van der Waals surface area contributed by atoms with Crippen LogP contribution in [-0.4, -0.2) is 80.3 Å². The molecule has 0 spiro atoms. The van der Waals surface area contributed by atoms with E-state index < -0.39 is 0 Å². The van der Waals surface area contributed by atoms with E-state index in [4.69, 9.17) is 9.73 Å². The van der Waals surface area contributed by atoms with E-state index in [-0.39, 0.29) is 11.9 Å². The number of piperidine rings is 1. The molecular formula is C23H38FN5O. The molecule has 1 aromatic carbocycles. The summed E-state index contributed by atoms with van der Waals surface area (Å²) in [5.74, 6) is 0.659. The van der Waals surface area contributed by atoms with E-state index in [1.54, 1.807) is 12.1 Å². The summed E-state index contributed by atoms with van der Waals surface area (Å²) >= 11 is 0. The zero-order chi connectivity index (χ0) is 21.3. The molecule has 7 heteroatoms. The van der Waals surface area contributed by atoms with Gasteiger partial charge in [0.2, 0.25) is 0 Å². The molecule has 30 heavy (non-hydrogen) atoms. The molecule has 0 bridgehead atoms. The third kappa shape index (κ3) is 6.65. The van der Waals surface area contributed by atoms with Crippen LogP contribution < -0.4 is 10.6 Å². The Balaban J connectivity index is 1.67. The average Bonchev–Trinajstić information content (AvgIpc) is 2.75. The van der Waals surface area contributed by atoms with Crippen LogP contribution in [0.15, 0.2) is 29.3 Å². The van der Waals surface area contributed by atoms with E-state index in [1.807, 2.05) is 6.07 Å². The lowest BCUT2D eigenvalue weighted by molar-refractivity contribution is 0.0179. The van der Waals surface area contributed by atoms with Crippen LogP contribution in [0.4, 0.5) is 4.39 Å². The van der Waals surface area contributed by atoms with Crippen LogP contribution in [-0.2, 0) is 4.74 Å². The summed E-state index contributed by atoms with van der Waals surface area (Å²) in [4.78, 5) is 9.80. The first-order valence-electron chi connectivity index (χ1n) is 11.4. The molecule has 2 aliphatic heterocycles. The van der Waals surface area contributed by atoms with Gasteiger partial charge in [-0.2, -0.15) is 0 Å². The monoisotopic (exact) mass is 419 g/mol. The van der Waals surface area contributed by atoms with E-state index in [0.29, 0.717) is 31.8 Å². The average molecular weight is 420 g/mol. The first-order valence-corrected chi connectivity index (χ1v) is 11.4. The predicted octanol–water partition coefficient (Wildman–Crippen LogP) is 2.63. The lowest BCUT2D eigenvalue weighted by atomic mass is 10.0. The largest absolute Gasteiger partial charge is 0.379 e. The fourth-order valence-corrected chi connectivity index (χ4v) is 4.29. The lowest BCUT2D eigenvalue weighted by Crippen LogP contribution is -2.50. The summed E-state index contributed by atoms with van der Waals surface area (Å²) in [5, 5.41) is 7.03. The highest BCUT2D eigenvalue weighted by Gasteiger charge is 2.24. The highest BCUT2D eigenvalue weighted by molar-refractivity contribution is 5.80. The third-order valence-electron chi connectivity index (χ3n) is 6.09. The van der Waals surface area contributed by atoms with Crippen molar-refractivity contribution >= 4 is 5.96 Å². The predicted molar refractivity (Wildman–Crippen MR) is 120 cm³/mol. The molecule has 3 rings (SSSR count). The first kappa shape index (κ1) is 23.0. The number of morpholine rings is 1. The van der Waals surface area contributed by atoms with Crippen molar-refractivity contribution < 1.29 is 9.13 Å². The number of benzene rings is 1. The number of rotatable bonds is 7. The Labute approximate surface area is 180 Å². The van der Waals surface area contributed by atoms with Crippen LogP contribution in [0.1, 0.15) is 45.2 Å². The van der Waals surface area contributed by atoms with Crippen molar-refractivity contribution in [1.29, 1.82) is 0 Å². The van der Waals surface area contributed by atoms with Crippen LogP contribution in [0.25, 0.3) is 0 Å². The number of aliphatic imine (C=N–C) groups is 1. The summed E-state index contributed by atoms with van der Waals surface area (Å²) in [7, 11) is 0. The number of ether oxygens (including phenoxy) is 1. The van der Waals surface area contributed by atoms with Crippen LogP contribution >= 0.6 is 0 Å². The van der Waals surface area contributed by atoms with Gasteiger partial charge in [0.05, 0.1) is 25.8 Å². The fraction of sp³-hybridized carbons (Fsp3) is 0.696. The number of halogens is 1. The number of hydrogen-bond donors (Lipinski definition) is 2. The fourth-order valence-electron chi connectivity index (χ4n) is 4.29. The highest BCUT2D eigenvalue weighted by Crippen LogP contribution is 2.23. The standard InChI is InChI=1S/C23H38FN5O/c1-4-25-23(27-21-8-10-28(11-9-21)18(2)3)26-17-22(29-12-14-30-15-13-29)19-6-5-7-20(24)16-19/h5-7,16,18,21-22H,4,8-15,17H2,1-3H3,(H2,25,26,27). The zero-order valence-electron chi connectivity index (χ0n) is 18.7. The summed E-state index contributed by atoms with van der Waals surface area (Å²) in [6, 6.07) is 8.01. The van der Waals surface area contributed by atoms with E-state index in [1.165, 1.54) is 6.07 Å². The molecule has 0 amide bonds. The van der Waals surface area contributed by atoms with Crippen LogP contribution in [0.5, 0.6) is 0 Å². The summed E-state index contributed by atoms with van der Waals surface area (Å²) in [6.07, 6.45) is 2.25. The van der Waals surface area contributed by atoms with Gasteiger partial charge in [-0.15, -0.1) is 0 Å². The number of nitrogens with one attached hydrogen (secondary N) is 2. The first-order chi connectivity index (χ1) is 14.6. The van der Waals surface area contributed by atoms with Crippen molar-refractivity contribution in [2.45, 2.75) is 51.7 Å². The maximum Gasteiger partial charge on any atom is 0.191 e. The van der Waals surface area contributed by atoms with Gasteiger partial charge in [0.1, 0.15) is 5.82 Å². The van der Waals surface area contributed by atoms with Gasteiger partial charge in [0.15, 0.2) is 5.96 Å². The van der Waals surface area contributed by atoms with Crippen LogP contribution in [0.3, 0.4) is 0 Å². The molecule has 0 aromatic heterocycles. The van der Waals surface area contributed by atoms with Crippen molar-refractivity contribution in [3.05, 3.63) is 35.6 Å². The minimum atomic E-state index is -0.198. The summed E-state index contributed by atoms with van der Waals surface area (Å²) in [6.45, 7) is 13.4. The van der Waals surface area contributed by atoms with Gasteiger partial charge in [-0.1, -0.05) is 12.1 Å². The van der Waals surface area contributed by atoms with Crippen molar-refractivity contribution in [2.75, 3.05) is 52.5 Å². The van der Waals surface area contributed by atoms with Crippen LogP contribution in [0, 0.1) is 5.82 Å². The molecule has 2 N–H and O–H groups in total. The summed E-state index contributed by atoms with van der Waals surface area (Å²) in [5.41, 5.74) is 0.974. The molecule has 168 valence electrons. The Morgan fingerprint density at radius 2 is 1.90 bits per heavy atom. The second-order valence-electron chi connectivity index (χ2n) is 8.49. The quantitative estimate of drug-likeness (QED) is 0.526. The third-order valence-corrected chi connectivity index (χ3v) is 6.09. The van der Waals surface area contributed by atoms with Crippen molar-refractivity contribution in [1.82, 2.24) is 20.4 Å². The Bertz CT molecular complexity index is 669. The lowest BCUT2D eigenvalue weighted by Gasteiger charge is -2.36. The number of likely N-dealkylation sites (tertiary alicyclic amines) is 1. The van der Waals surface area contributed by atoms with E-state index in [2.05, 4.69) is 41.2 Å². The normalized spacial score (nSPS) is 21.0. The van der Waals surface area contributed by atoms with Gasteiger partial charge in [0.25, 0.3) is 0 Å². The highest BCUT2D eigenvalue weighted by atomic mass is 19.1. The Kier molecular flexibility index (Phi) is 8.90. The second kappa shape index (κ2) is 11.6. The van der Waals surface area contributed by atoms with Crippen molar-refractivity contribution in [3.63, 3.8) is 0 Å². The van der Waals surface area contributed by atoms with Gasteiger partial charge in [-0.3, -0.25) is 9.89 Å². The molecular weight excluding hydrogens is 381 g/mol. The van der Waals surface area contributed by atoms with Gasteiger partial charge < -0.3 is 20.3 Å². The minimum absolute atomic E-state index is 0.0443. The number of hydrogen-bond acceptors (Lipinski definition) is 4. The molecule has 0 radical (unpaired) electrons. The molecule has 0 saturated carbocycles. The molecule has 2 fully saturated rings. The Morgan fingerprint density at radius 3 is 2.53 bits per heavy atom. The molecule has 1 aromatic rings. The minimum Gasteiger partial charge on any atom is -0.379 e. The molecule has 1 atom stereocenters. The molecule has 2 aliphatic rings. The van der Waals surface area contributed by atoms with Gasteiger partial charge in [-0.25, -0.2) is 4.39 Å². The van der Waals surface area contributed by atoms with Crippen molar-refractivity contribution in [2.24, 2.45) is 4.99 Å². The Hall–Kier alpha value is -1.70. The van der Waals surface area contributed by atoms with Gasteiger partial charge >= 0.3 is 0 Å². The zero-order valence-corrected chi connectivity index (χ0v) is 18.7. The number of guanidine groups is 1. The molecule has 0 aliphatic carbocycles. The van der Waals surface area contributed by atoms with E-state index in [0.717, 1.165) is 57.1 Å². The van der Waals surface area contributed by atoms with Gasteiger partial charge in [-0.05, 0) is 51.3 Å². The van der Waals surface area contributed by atoms with E-state index >= 15 is 0 Å². The van der Waals surface area contributed by atoms with E-state index in [9.17, 15) is 4.39 Å². The SMILES string of the molecule is CCNC(=NCC(c1cccc(F)c1)N1CCOCC1)NC1CCN(C(C)C)CC1. The molecule has 2 heterocycles. The maximum atomic E-state index is 13.9. The summed E-state index contributed by atoms with van der Waals surface area (Å²) < 4.78 is 19.4.